The van der Waals surface area contributed by atoms with Crippen molar-refractivity contribution in [1.29, 1.82) is 0 Å². The van der Waals surface area contributed by atoms with Crippen molar-refractivity contribution in [2.24, 2.45) is 0 Å². The van der Waals surface area contributed by atoms with Crippen LogP contribution < -0.4 is 5.32 Å². The molecule has 0 spiro atoms. The molecule has 0 radical (unpaired) electrons. The monoisotopic (exact) mass is 380 g/mol. The van der Waals surface area contributed by atoms with Crippen molar-refractivity contribution < 1.29 is 18.3 Å². The van der Waals surface area contributed by atoms with Crippen LogP contribution in [0.2, 0.25) is 0 Å². The van der Waals surface area contributed by atoms with Gasteiger partial charge in [-0.1, -0.05) is 0 Å². The van der Waals surface area contributed by atoms with Gasteiger partial charge in [0.1, 0.15) is 11.4 Å². The number of rotatable bonds is 5. The highest BCUT2D eigenvalue weighted by Crippen LogP contribution is 2.31. The Balaban J connectivity index is 1.91. The van der Waals surface area contributed by atoms with Gasteiger partial charge in [0.15, 0.2) is 11.5 Å². The minimum Gasteiger partial charge on any atom is -0.384 e. The highest BCUT2D eigenvalue weighted by molar-refractivity contribution is 7.08. The molecule has 9 heteroatoms. The number of aromatic nitrogens is 3. The summed E-state index contributed by atoms with van der Waals surface area (Å²) < 4.78 is 39.5. The second-order valence-electron chi connectivity index (χ2n) is 5.84. The van der Waals surface area contributed by atoms with Gasteiger partial charge in [0.2, 0.25) is 0 Å². The Bertz CT molecular complexity index is 867. The molecule has 3 heterocycles. The van der Waals surface area contributed by atoms with Crippen LogP contribution in [-0.4, -0.2) is 26.6 Å². The van der Waals surface area contributed by atoms with Crippen molar-refractivity contribution in [2.75, 3.05) is 11.9 Å². The summed E-state index contributed by atoms with van der Waals surface area (Å²) in [6.07, 6.45) is -1.72. The maximum absolute atomic E-state index is 13.2. The van der Waals surface area contributed by atoms with E-state index in [1.54, 1.807) is 30.5 Å². The number of nitrogens with one attached hydrogen (secondary N) is 1. The van der Waals surface area contributed by atoms with Crippen LogP contribution in [-0.2, 0) is 11.8 Å². The molecule has 3 rings (SSSR count). The number of anilines is 1. The second-order valence-corrected chi connectivity index (χ2v) is 6.62. The van der Waals surface area contributed by atoms with Crippen LogP contribution in [0.25, 0.3) is 11.4 Å². The molecule has 2 N–H and O–H groups in total. The Morgan fingerprint density at radius 3 is 2.65 bits per heavy atom. The summed E-state index contributed by atoms with van der Waals surface area (Å²) in [7, 11) is 0. The van der Waals surface area contributed by atoms with E-state index >= 15 is 0 Å². The molecule has 0 fully saturated rings. The van der Waals surface area contributed by atoms with E-state index in [1.165, 1.54) is 23.7 Å². The summed E-state index contributed by atoms with van der Waals surface area (Å²) in [6, 6.07) is 5.75. The number of hydrogen-bond donors (Lipinski definition) is 2. The zero-order chi connectivity index (χ0) is 18.8. The summed E-state index contributed by atoms with van der Waals surface area (Å²) >= 11 is 1.42. The van der Waals surface area contributed by atoms with E-state index in [2.05, 4.69) is 20.3 Å². The molecule has 1 unspecified atom stereocenters. The first-order valence-corrected chi connectivity index (χ1v) is 8.55. The molecular formula is C17H15F3N4OS. The first-order chi connectivity index (χ1) is 12.3. The standard InChI is InChI=1S/C17H15F3N4OS/c1-16(25,12-4-6-26-9-12)10-22-14-7-13(17(18,19)20)23-15(24-14)11-3-2-5-21-8-11/h2-9,25H,10H2,1H3,(H,22,23,24). The van der Waals surface area contributed by atoms with Gasteiger partial charge in [0.05, 0.1) is 0 Å². The normalized spacial score (nSPS) is 14.0. The smallest absolute Gasteiger partial charge is 0.384 e. The molecule has 0 aromatic carbocycles. The fourth-order valence-electron chi connectivity index (χ4n) is 2.24. The fraction of sp³-hybridized carbons (Fsp3) is 0.235. The van der Waals surface area contributed by atoms with E-state index in [-0.39, 0.29) is 18.2 Å². The van der Waals surface area contributed by atoms with E-state index in [9.17, 15) is 18.3 Å². The third kappa shape index (κ3) is 4.17. The summed E-state index contributed by atoms with van der Waals surface area (Å²) in [4.78, 5) is 11.6. The second kappa shape index (κ2) is 7.00. The number of thiophene rings is 1. The minimum atomic E-state index is -4.62. The summed E-state index contributed by atoms with van der Waals surface area (Å²) in [5.74, 6) is -0.118. The molecular weight excluding hydrogens is 365 g/mol. The van der Waals surface area contributed by atoms with Crippen molar-refractivity contribution >= 4 is 17.2 Å². The quantitative estimate of drug-likeness (QED) is 0.702. The fourth-order valence-corrected chi connectivity index (χ4v) is 3.03. The molecule has 3 aromatic heterocycles. The van der Waals surface area contributed by atoms with Crippen molar-refractivity contribution in [3.63, 3.8) is 0 Å². The van der Waals surface area contributed by atoms with Gasteiger partial charge >= 0.3 is 6.18 Å². The lowest BCUT2D eigenvalue weighted by molar-refractivity contribution is -0.141. The number of nitrogens with zero attached hydrogens (tertiary/aromatic N) is 3. The molecule has 136 valence electrons. The first-order valence-electron chi connectivity index (χ1n) is 7.61. The van der Waals surface area contributed by atoms with Crippen LogP contribution >= 0.6 is 11.3 Å². The summed E-state index contributed by atoms with van der Waals surface area (Å²) in [5, 5.41) is 16.9. The molecule has 5 nitrogen and oxygen atoms in total. The zero-order valence-electron chi connectivity index (χ0n) is 13.7. The number of aliphatic hydroxyl groups is 1. The summed E-state index contributed by atoms with van der Waals surface area (Å²) in [5.41, 5.74) is -1.28. The van der Waals surface area contributed by atoms with Gasteiger partial charge in [0, 0.05) is 30.6 Å². The Morgan fingerprint density at radius 2 is 2.04 bits per heavy atom. The SMILES string of the molecule is CC(O)(CNc1cc(C(F)(F)F)nc(-c2cccnc2)n1)c1ccsc1. The Kier molecular flexibility index (Phi) is 4.92. The van der Waals surface area contributed by atoms with Gasteiger partial charge < -0.3 is 10.4 Å². The Labute approximate surface area is 151 Å². The highest BCUT2D eigenvalue weighted by Gasteiger charge is 2.34. The van der Waals surface area contributed by atoms with Crippen LogP contribution in [0.3, 0.4) is 0 Å². The molecule has 0 saturated carbocycles. The largest absolute Gasteiger partial charge is 0.433 e. The molecule has 1 atom stereocenters. The highest BCUT2D eigenvalue weighted by atomic mass is 32.1. The predicted octanol–water partition coefficient (Wildman–Crippen LogP) is 3.94. The van der Waals surface area contributed by atoms with Crippen molar-refractivity contribution in [3.05, 3.63) is 58.7 Å². The third-order valence-corrected chi connectivity index (χ3v) is 4.38. The van der Waals surface area contributed by atoms with E-state index in [4.69, 9.17) is 0 Å². The van der Waals surface area contributed by atoms with Gasteiger partial charge in [0.25, 0.3) is 0 Å². The number of alkyl halides is 3. The van der Waals surface area contributed by atoms with Crippen molar-refractivity contribution in [2.45, 2.75) is 18.7 Å². The van der Waals surface area contributed by atoms with Gasteiger partial charge in [-0.2, -0.15) is 24.5 Å². The van der Waals surface area contributed by atoms with Crippen LogP contribution in [0.5, 0.6) is 0 Å². The van der Waals surface area contributed by atoms with Crippen LogP contribution in [0.15, 0.2) is 47.4 Å². The Morgan fingerprint density at radius 1 is 1.23 bits per heavy atom. The molecule has 0 aliphatic heterocycles. The first kappa shape index (κ1) is 18.3. The Hall–Kier alpha value is -2.52. The van der Waals surface area contributed by atoms with Crippen LogP contribution in [0.4, 0.5) is 19.0 Å². The molecule has 0 aliphatic rings. The number of halogens is 3. The van der Waals surface area contributed by atoms with Crippen LogP contribution in [0.1, 0.15) is 18.2 Å². The third-order valence-electron chi connectivity index (χ3n) is 3.69. The lowest BCUT2D eigenvalue weighted by Crippen LogP contribution is -2.30. The van der Waals surface area contributed by atoms with Crippen LogP contribution in [0, 0.1) is 0 Å². The van der Waals surface area contributed by atoms with E-state index in [0.717, 1.165) is 6.07 Å². The molecule has 0 saturated heterocycles. The molecule has 0 bridgehead atoms. The van der Waals surface area contributed by atoms with E-state index in [0.29, 0.717) is 11.1 Å². The molecule has 26 heavy (non-hydrogen) atoms. The van der Waals surface area contributed by atoms with Gasteiger partial charge in [-0.3, -0.25) is 4.98 Å². The number of pyridine rings is 1. The maximum Gasteiger partial charge on any atom is 0.433 e. The molecule has 3 aromatic rings. The maximum atomic E-state index is 13.2. The number of hydrogen-bond acceptors (Lipinski definition) is 6. The van der Waals surface area contributed by atoms with Crippen molar-refractivity contribution in [3.8, 4) is 11.4 Å². The average molecular weight is 380 g/mol. The molecule has 0 amide bonds. The molecule has 0 aliphatic carbocycles. The minimum absolute atomic E-state index is 0.00940. The van der Waals surface area contributed by atoms with Gasteiger partial charge in [-0.05, 0) is 41.4 Å². The topological polar surface area (TPSA) is 70.9 Å². The zero-order valence-corrected chi connectivity index (χ0v) is 14.5. The predicted molar refractivity (Wildman–Crippen MR) is 92.6 cm³/mol. The van der Waals surface area contributed by atoms with Gasteiger partial charge in [-0.25, -0.2) is 9.97 Å². The summed E-state index contributed by atoms with van der Waals surface area (Å²) in [6.45, 7) is 1.57. The van der Waals surface area contributed by atoms with Crippen molar-refractivity contribution in [1.82, 2.24) is 15.0 Å². The van der Waals surface area contributed by atoms with E-state index in [1.807, 2.05) is 5.38 Å². The van der Waals surface area contributed by atoms with Gasteiger partial charge in [-0.15, -0.1) is 0 Å². The van der Waals surface area contributed by atoms with E-state index < -0.39 is 17.5 Å². The lowest BCUT2D eigenvalue weighted by Gasteiger charge is -2.23. The average Bonchev–Trinajstić information content (AvgIpc) is 3.15. The lowest BCUT2D eigenvalue weighted by atomic mass is 9.99.